The van der Waals surface area contributed by atoms with E-state index in [1.165, 1.54) is 49.0 Å². The number of halogens is 4. The van der Waals surface area contributed by atoms with Gasteiger partial charge in [0.15, 0.2) is 0 Å². The first-order valence-electron chi connectivity index (χ1n) is 11.7. The van der Waals surface area contributed by atoms with Gasteiger partial charge in [-0.25, -0.2) is 14.2 Å². The molecule has 0 fully saturated rings. The van der Waals surface area contributed by atoms with Gasteiger partial charge in [0.25, 0.3) is 11.5 Å². The van der Waals surface area contributed by atoms with Crippen LogP contribution in [0, 0.1) is 19.7 Å². The van der Waals surface area contributed by atoms with E-state index in [2.05, 4.69) is 10.3 Å². The number of aromatic nitrogens is 3. The van der Waals surface area contributed by atoms with Crippen molar-refractivity contribution < 1.29 is 31.9 Å². The van der Waals surface area contributed by atoms with Gasteiger partial charge in [0, 0.05) is 43.3 Å². The molecule has 0 aliphatic carbocycles. The summed E-state index contributed by atoms with van der Waals surface area (Å²) in [6.45, 7) is 2.78. The average molecular weight is 545 g/mol. The molecule has 1 atom stereocenters. The van der Waals surface area contributed by atoms with Crippen LogP contribution in [0.3, 0.4) is 0 Å². The molecule has 0 spiro atoms. The van der Waals surface area contributed by atoms with Crippen molar-refractivity contribution in [1.82, 2.24) is 19.3 Å². The monoisotopic (exact) mass is 544 g/mol. The van der Waals surface area contributed by atoms with E-state index in [1.807, 2.05) is 0 Å². The zero-order valence-electron chi connectivity index (χ0n) is 21.4. The maximum atomic E-state index is 14.3. The minimum absolute atomic E-state index is 0.126. The molecular weight excluding hydrogens is 520 g/mol. The lowest BCUT2D eigenvalue weighted by Crippen LogP contribution is -2.43. The standard InChI is InChI=1S/C27H24F4N4O4/c1-14-6-5-7-19(28)21(14)24(36)33-20(26(38)39-4)12-16-8-9-17(23-32-10-11-35(16)23)22-15(2)18(27(29,30)31)13-34(3)25(22)37/h5-11,13,20H,12H2,1-4H3,(H,33,36)/t20-/m0/s1. The number of alkyl halides is 3. The average Bonchev–Trinajstić information content (AvgIpc) is 3.36. The van der Waals surface area contributed by atoms with Crippen LogP contribution in [0.2, 0.25) is 0 Å². The number of carbonyl (C=O) groups excluding carboxylic acids is 2. The van der Waals surface area contributed by atoms with E-state index in [1.54, 1.807) is 13.0 Å². The third kappa shape index (κ3) is 5.14. The molecule has 3 aromatic heterocycles. The molecule has 1 N–H and O–H groups in total. The largest absolute Gasteiger partial charge is 0.467 e. The zero-order chi connectivity index (χ0) is 28.6. The van der Waals surface area contributed by atoms with Gasteiger partial charge in [-0.3, -0.25) is 9.59 Å². The molecule has 8 nitrogen and oxygen atoms in total. The Hall–Kier alpha value is -4.48. The number of nitrogens with zero attached hydrogens (tertiary/aromatic N) is 3. The lowest BCUT2D eigenvalue weighted by molar-refractivity contribution is -0.143. The van der Waals surface area contributed by atoms with Crippen LogP contribution in [-0.2, 0) is 29.2 Å². The number of methoxy groups -OCH3 is 1. The van der Waals surface area contributed by atoms with Crippen molar-refractivity contribution in [1.29, 1.82) is 0 Å². The number of hydrogen-bond donors (Lipinski definition) is 1. The van der Waals surface area contributed by atoms with E-state index in [9.17, 15) is 31.9 Å². The molecule has 0 saturated carbocycles. The number of pyridine rings is 2. The topological polar surface area (TPSA) is 94.7 Å². The highest BCUT2D eigenvalue weighted by molar-refractivity contribution is 5.98. The molecule has 0 aliphatic heterocycles. The van der Waals surface area contributed by atoms with Crippen LogP contribution in [0.15, 0.2) is 53.7 Å². The first-order valence-corrected chi connectivity index (χ1v) is 11.7. The van der Waals surface area contributed by atoms with E-state index in [4.69, 9.17) is 4.74 Å². The molecule has 0 aliphatic rings. The van der Waals surface area contributed by atoms with E-state index in [0.29, 0.717) is 11.3 Å². The minimum atomic E-state index is -4.68. The van der Waals surface area contributed by atoms with Crippen LogP contribution in [0.4, 0.5) is 17.6 Å². The SMILES string of the molecule is COC(=O)[C@H](Cc1ccc(-c2c(C)c(C(F)(F)F)cn(C)c2=O)c2nccn12)NC(=O)c1c(C)cccc1F. The summed E-state index contributed by atoms with van der Waals surface area (Å²) in [5, 5.41) is 2.50. The lowest BCUT2D eigenvalue weighted by atomic mass is 9.98. The number of carbonyl (C=O) groups is 2. The van der Waals surface area contributed by atoms with E-state index in [0.717, 1.165) is 23.9 Å². The van der Waals surface area contributed by atoms with Crippen LogP contribution in [0.25, 0.3) is 16.8 Å². The molecule has 39 heavy (non-hydrogen) atoms. The Bertz CT molecular complexity index is 1640. The third-order valence-electron chi connectivity index (χ3n) is 6.50. The highest BCUT2D eigenvalue weighted by Gasteiger charge is 2.35. The molecule has 0 radical (unpaired) electrons. The smallest absolute Gasteiger partial charge is 0.418 e. The van der Waals surface area contributed by atoms with E-state index < -0.39 is 41.0 Å². The number of rotatable bonds is 6. The number of benzene rings is 1. The second kappa shape index (κ2) is 10.4. The van der Waals surface area contributed by atoms with Gasteiger partial charge < -0.3 is 19.0 Å². The molecule has 0 saturated heterocycles. The Labute approximate surface area is 219 Å². The van der Waals surface area contributed by atoms with Crippen molar-refractivity contribution in [3.05, 3.63) is 93.0 Å². The number of fused-ring (bicyclic) bond motifs is 1. The van der Waals surface area contributed by atoms with Crippen molar-refractivity contribution in [3.8, 4) is 11.1 Å². The Morgan fingerprint density at radius 1 is 1.15 bits per heavy atom. The quantitative estimate of drug-likeness (QED) is 0.293. The van der Waals surface area contributed by atoms with Crippen LogP contribution >= 0.6 is 0 Å². The molecule has 12 heteroatoms. The van der Waals surface area contributed by atoms with E-state index in [-0.39, 0.29) is 34.3 Å². The van der Waals surface area contributed by atoms with E-state index >= 15 is 0 Å². The van der Waals surface area contributed by atoms with Gasteiger partial charge >= 0.3 is 12.1 Å². The molecule has 0 bridgehead atoms. The summed E-state index contributed by atoms with van der Waals surface area (Å²) in [5.74, 6) is -2.37. The number of ether oxygens (including phenoxy) is 1. The fraction of sp³-hybridized carbons (Fsp3) is 0.259. The summed E-state index contributed by atoms with van der Waals surface area (Å²) in [6, 6.07) is 5.86. The summed E-state index contributed by atoms with van der Waals surface area (Å²) in [6.07, 6.45) is -1.15. The van der Waals surface area contributed by atoms with Crippen molar-refractivity contribution in [3.63, 3.8) is 0 Å². The second-order valence-corrected chi connectivity index (χ2v) is 9.00. The second-order valence-electron chi connectivity index (χ2n) is 9.00. The molecule has 0 unspecified atom stereocenters. The minimum Gasteiger partial charge on any atom is -0.467 e. The van der Waals surface area contributed by atoms with Crippen LogP contribution in [0.1, 0.15) is 32.7 Å². The van der Waals surface area contributed by atoms with Crippen molar-refractivity contribution >= 4 is 17.5 Å². The van der Waals surface area contributed by atoms with Crippen molar-refractivity contribution in [2.75, 3.05) is 7.11 Å². The van der Waals surface area contributed by atoms with Crippen LogP contribution < -0.4 is 10.9 Å². The fourth-order valence-corrected chi connectivity index (χ4v) is 4.55. The van der Waals surface area contributed by atoms with Gasteiger partial charge in [-0.15, -0.1) is 0 Å². The van der Waals surface area contributed by atoms with Crippen LogP contribution in [0.5, 0.6) is 0 Å². The summed E-state index contributed by atoms with van der Waals surface area (Å²) in [4.78, 5) is 42.6. The molecule has 1 amide bonds. The van der Waals surface area contributed by atoms with Gasteiger partial charge in [-0.1, -0.05) is 12.1 Å². The zero-order valence-corrected chi connectivity index (χ0v) is 21.4. The highest BCUT2D eigenvalue weighted by Crippen LogP contribution is 2.35. The number of aryl methyl sites for hydroxylation is 2. The van der Waals surface area contributed by atoms with Gasteiger partial charge in [0.1, 0.15) is 17.5 Å². The third-order valence-corrected chi connectivity index (χ3v) is 6.50. The summed E-state index contributed by atoms with van der Waals surface area (Å²) in [5.41, 5.74) is -1.09. The summed E-state index contributed by atoms with van der Waals surface area (Å²) in [7, 11) is 2.37. The number of nitrogens with one attached hydrogen (secondary N) is 1. The van der Waals surface area contributed by atoms with Crippen LogP contribution in [-0.4, -0.2) is 39.0 Å². The molecule has 3 heterocycles. The predicted octanol–water partition coefficient (Wildman–Crippen LogP) is 3.99. The van der Waals surface area contributed by atoms with Crippen molar-refractivity contribution in [2.24, 2.45) is 7.05 Å². The predicted molar refractivity (Wildman–Crippen MR) is 134 cm³/mol. The molecule has 4 rings (SSSR count). The maximum absolute atomic E-state index is 14.3. The first kappa shape index (κ1) is 27.6. The normalized spacial score (nSPS) is 12.4. The number of amides is 1. The Kier molecular flexibility index (Phi) is 7.31. The maximum Gasteiger partial charge on any atom is 0.418 e. The highest BCUT2D eigenvalue weighted by atomic mass is 19.4. The number of hydrogen-bond acceptors (Lipinski definition) is 5. The summed E-state index contributed by atoms with van der Waals surface area (Å²) >= 11 is 0. The van der Waals surface area contributed by atoms with Gasteiger partial charge in [-0.2, -0.15) is 13.2 Å². The molecule has 1 aromatic carbocycles. The fourth-order valence-electron chi connectivity index (χ4n) is 4.55. The number of esters is 1. The molecule has 204 valence electrons. The van der Waals surface area contributed by atoms with Crippen molar-refractivity contribution in [2.45, 2.75) is 32.5 Å². The van der Waals surface area contributed by atoms with Gasteiger partial charge in [0.05, 0.1) is 23.8 Å². The van der Waals surface area contributed by atoms with Gasteiger partial charge in [0.2, 0.25) is 0 Å². The summed E-state index contributed by atoms with van der Waals surface area (Å²) < 4.78 is 62.5. The Balaban J connectivity index is 1.78. The Morgan fingerprint density at radius 3 is 2.51 bits per heavy atom. The first-order chi connectivity index (χ1) is 18.3. The number of imidazole rings is 1. The molecular formula is C27H24F4N4O4. The Morgan fingerprint density at radius 2 is 1.87 bits per heavy atom. The molecule has 4 aromatic rings. The lowest BCUT2D eigenvalue weighted by Gasteiger charge is -2.19. The van der Waals surface area contributed by atoms with Gasteiger partial charge in [-0.05, 0) is 43.2 Å².